The van der Waals surface area contributed by atoms with E-state index in [0.29, 0.717) is 5.56 Å². The van der Waals surface area contributed by atoms with E-state index in [1.165, 1.54) is 11.8 Å². The standard InChI is InChI=1S/C18H21N5O2S/c1-12-15-16(21(2)20-12)19-18(26-15)23-10-8-22(9-11-23)14-6-4-13(5-7-14)17(24)25-3/h4-7H,8-11H2,1-3H3. The molecule has 2 aromatic heterocycles. The quantitative estimate of drug-likeness (QED) is 0.659. The number of thiazole rings is 1. The van der Waals surface area contributed by atoms with E-state index in [1.807, 2.05) is 42.9 Å². The number of nitrogens with zero attached hydrogens (tertiary/aromatic N) is 5. The smallest absolute Gasteiger partial charge is 0.337 e. The van der Waals surface area contributed by atoms with E-state index >= 15 is 0 Å². The number of hydrogen-bond acceptors (Lipinski definition) is 7. The fourth-order valence-corrected chi connectivity index (χ4v) is 4.38. The van der Waals surface area contributed by atoms with Crippen molar-refractivity contribution in [3.8, 4) is 0 Å². The van der Waals surface area contributed by atoms with Crippen molar-refractivity contribution in [3.63, 3.8) is 0 Å². The summed E-state index contributed by atoms with van der Waals surface area (Å²) in [5, 5.41) is 5.49. The molecule has 8 heteroatoms. The molecule has 0 atom stereocenters. The lowest BCUT2D eigenvalue weighted by Gasteiger charge is -2.36. The van der Waals surface area contributed by atoms with Crippen molar-refractivity contribution >= 4 is 38.5 Å². The van der Waals surface area contributed by atoms with Crippen molar-refractivity contribution in [1.29, 1.82) is 0 Å². The first-order valence-electron chi connectivity index (χ1n) is 8.55. The van der Waals surface area contributed by atoms with Crippen molar-refractivity contribution in [1.82, 2.24) is 14.8 Å². The van der Waals surface area contributed by atoms with Gasteiger partial charge in [0.1, 0.15) is 0 Å². The van der Waals surface area contributed by atoms with E-state index in [-0.39, 0.29) is 5.97 Å². The lowest BCUT2D eigenvalue weighted by molar-refractivity contribution is 0.0601. The lowest BCUT2D eigenvalue weighted by atomic mass is 10.2. The minimum atomic E-state index is -0.304. The van der Waals surface area contributed by atoms with Crippen LogP contribution in [0.1, 0.15) is 16.1 Å². The van der Waals surface area contributed by atoms with Crippen molar-refractivity contribution in [3.05, 3.63) is 35.5 Å². The van der Waals surface area contributed by atoms with Crippen molar-refractivity contribution in [2.24, 2.45) is 7.05 Å². The maximum absolute atomic E-state index is 11.5. The first-order valence-corrected chi connectivity index (χ1v) is 9.37. The van der Waals surface area contributed by atoms with Gasteiger partial charge in [-0.2, -0.15) is 5.10 Å². The third-order valence-electron chi connectivity index (χ3n) is 4.74. The van der Waals surface area contributed by atoms with Gasteiger partial charge in [0.2, 0.25) is 0 Å². The van der Waals surface area contributed by atoms with Gasteiger partial charge in [0.15, 0.2) is 10.8 Å². The summed E-state index contributed by atoms with van der Waals surface area (Å²) in [6.45, 7) is 5.71. The van der Waals surface area contributed by atoms with Crippen LogP contribution in [0.3, 0.4) is 0 Å². The Kier molecular flexibility index (Phi) is 4.28. The van der Waals surface area contributed by atoms with Gasteiger partial charge in [-0.15, -0.1) is 0 Å². The Morgan fingerprint density at radius 2 is 1.77 bits per heavy atom. The summed E-state index contributed by atoms with van der Waals surface area (Å²) in [5.74, 6) is -0.304. The average Bonchev–Trinajstić information content (AvgIpc) is 3.23. The zero-order valence-corrected chi connectivity index (χ0v) is 15.9. The van der Waals surface area contributed by atoms with E-state index in [4.69, 9.17) is 9.72 Å². The fraction of sp³-hybridized carbons (Fsp3) is 0.389. The van der Waals surface area contributed by atoms with E-state index in [0.717, 1.165) is 48.3 Å². The molecule has 0 amide bonds. The summed E-state index contributed by atoms with van der Waals surface area (Å²) in [7, 11) is 3.34. The number of hydrogen-bond donors (Lipinski definition) is 0. The molecule has 0 aliphatic carbocycles. The van der Waals surface area contributed by atoms with Gasteiger partial charge in [-0.1, -0.05) is 11.3 Å². The molecule has 0 saturated carbocycles. The number of carbonyl (C=O) groups excluding carboxylic acids is 1. The van der Waals surface area contributed by atoms with Gasteiger partial charge in [0.25, 0.3) is 0 Å². The first kappa shape index (κ1) is 16.8. The number of aryl methyl sites for hydroxylation is 2. The van der Waals surface area contributed by atoms with Gasteiger partial charge >= 0.3 is 5.97 Å². The molecular formula is C18H21N5O2S. The molecule has 3 heterocycles. The normalized spacial score (nSPS) is 14.9. The van der Waals surface area contributed by atoms with Crippen molar-refractivity contribution in [2.75, 3.05) is 43.1 Å². The van der Waals surface area contributed by atoms with Crippen LogP contribution in [0.4, 0.5) is 10.8 Å². The molecule has 7 nitrogen and oxygen atoms in total. The molecule has 1 saturated heterocycles. The van der Waals surface area contributed by atoms with Gasteiger partial charge in [-0.3, -0.25) is 0 Å². The number of esters is 1. The Hall–Kier alpha value is -2.61. The molecular weight excluding hydrogens is 350 g/mol. The molecule has 4 rings (SSSR count). The van der Waals surface area contributed by atoms with E-state index in [1.54, 1.807) is 11.3 Å². The second-order valence-corrected chi connectivity index (χ2v) is 7.35. The number of piperazine rings is 1. The van der Waals surface area contributed by atoms with Crippen molar-refractivity contribution < 1.29 is 9.53 Å². The number of anilines is 2. The molecule has 136 valence electrons. The van der Waals surface area contributed by atoms with Gasteiger partial charge < -0.3 is 14.5 Å². The number of aromatic nitrogens is 3. The van der Waals surface area contributed by atoms with Crippen LogP contribution in [0.25, 0.3) is 10.3 Å². The molecule has 3 aromatic rings. The second-order valence-electron chi connectivity index (χ2n) is 6.37. The molecule has 1 aromatic carbocycles. The highest BCUT2D eigenvalue weighted by Crippen LogP contribution is 2.31. The Morgan fingerprint density at radius 1 is 1.12 bits per heavy atom. The number of benzene rings is 1. The summed E-state index contributed by atoms with van der Waals surface area (Å²) in [5.41, 5.74) is 3.70. The van der Waals surface area contributed by atoms with Crippen LogP contribution in [0.15, 0.2) is 24.3 Å². The molecule has 0 spiro atoms. The second kappa shape index (κ2) is 6.60. The van der Waals surface area contributed by atoms with Gasteiger partial charge in [0.05, 0.1) is 23.1 Å². The third kappa shape index (κ3) is 2.90. The molecule has 0 radical (unpaired) electrons. The van der Waals surface area contributed by atoms with Crippen LogP contribution in [-0.2, 0) is 11.8 Å². The van der Waals surface area contributed by atoms with Crippen LogP contribution >= 0.6 is 11.3 Å². The highest BCUT2D eigenvalue weighted by Gasteiger charge is 2.22. The van der Waals surface area contributed by atoms with Crippen LogP contribution in [-0.4, -0.2) is 54.0 Å². The predicted molar refractivity (Wildman–Crippen MR) is 103 cm³/mol. The topological polar surface area (TPSA) is 63.5 Å². The van der Waals surface area contributed by atoms with Crippen LogP contribution in [0.2, 0.25) is 0 Å². The van der Waals surface area contributed by atoms with Crippen molar-refractivity contribution in [2.45, 2.75) is 6.92 Å². The molecule has 1 aliphatic rings. The average molecular weight is 371 g/mol. The van der Waals surface area contributed by atoms with Crippen LogP contribution < -0.4 is 9.80 Å². The number of rotatable bonds is 3. The number of fused-ring (bicyclic) bond motifs is 1. The summed E-state index contributed by atoms with van der Waals surface area (Å²) >= 11 is 1.72. The summed E-state index contributed by atoms with van der Waals surface area (Å²) in [6.07, 6.45) is 0. The lowest BCUT2D eigenvalue weighted by Crippen LogP contribution is -2.46. The molecule has 1 fully saturated rings. The zero-order valence-electron chi connectivity index (χ0n) is 15.1. The highest BCUT2D eigenvalue weighted by molar-refractivity contribution is 7.22. The van der Waals surface area contributed by atoms with Gasteiger partial charge in [-0.25, -0.2) is 14.5 Å². The number of carbonyl (C=O) groups is 1. The SMILES string of the molecule is COC(=O)c1ccc(N2CCN(c3nc4c(s3)c(C)nn4C)CC2)cc1. The Balaban J connectivity index is 1.44. The minimum absolute atomic E-state index is 0.304. The summed E-state index contributed by atoms with van der Waals surface area (Å²) < 4.78 is 7.77. The Morgan fingerprint density at radius 3 is 2.38 bits per heavy atom. The summed E-state index contributed by atoms with van der Waals surface area (Å²) in [4.78, 5) is 21.0. The summed E-state index contributed by atoms with van der Waals surface area (Å²) in [6, 6.07) is 7.59. The fourth-order valence-electron chi connectivity index (χ4n) is 3.29. The van der Waals surface area contributed by atoms with E-state index in [9.17, 15) is 4.79 Å². The van der Waals surface area contributed by atoms with Crippen LogP contribution in [0.5, 0.6) is 0 Å². The Bertz CT molecular complexity index is 904. The predicted octanol–water partition coefficient (Wildman–Crippen LogP) is 2.45. The van der Waals surface area contributed by atoms with Gasteiger partial charge in [-0.05, 0) is 31.2 Å². The molecule has 26 heavy (non-hydrogen) atoms. The van der Waals surface area contributed by atoms with E-state index < -0.39 is 0 Å². The molecule has 1 aliphatic heterocycles. The van der Waals surface area contributed by atoms with Crippen LogP contribution in [0, 0.1) is 6.92 Å². The molecule has 0 unspecified atom stereocenters. The number of methoxy groups -OCH3 is 1. The first-order chi connectivity index (χ1) is 12.6. The zero-order chi connectivity index (χ0) is 18.3. The highest BCUT2D eigenvalue weighted by atomic mass is 32.1. The van der Waals surface area contributed by atoms with Gasteiger partial charge in [0, 0.05) is 38.9 Å². The molecule has 0 bridgehead atoms. The Labute approximate surface area is 155 Å². The maximum Gasteiger partial charge on any atom is 0.337 e. The third-order valence-corrected chi connectivity index (χ3v) is 5.95. The molecule has 0 N–H and O–H groups in total. The largest absolute Gasteiger partial charge is 0.465 e. The number of ether oxygens (including phenoxy) is 1. The maximum atomic E-state index is 11.5. The van der Waals surface area contributed by atoms with E-state index in [2.05, 4.69) is 14.9 Å². The minimum Gasteiger partial charge on any atom is -0.465 e. The monoisotopic (exact) mass is 371 g/mol.